The monoisotopic (exact) mass is 390 g/mol. The molecule has 0 aromatic heterocycles. The lowest BCUT2D eigenvalue weighted by molar-refractivity contribution is -0.148. The molecule has 6 nitrogen and oxygen atoms in total. The van der Waals surface area contributed by atoms with E-state index in [4.69, 9.17) is 14.7 Å². The molecular weight excluding hydrogens is 368 g/mol. The second-order valence-electron chi connectivity index (χ2n) is 7.25. The van der Waals surface area contributed by atoms with Gasteiger partial charge in [-0.15, -0.1) is 0 Å². The van der Waals surface area contributed by atoms with Gasteiger partial charge >= 0.3 is 5.97 Å². The molecule has 0 saturated heterocycles. The average molecular weight is 390 g/mol. The fourth-order valence-corrected chi connectivity index (χ4v) is 3.47. The molecule has 0 bridgehead atoms. The lowest BCUT2D eigenvalue weighted by Crippen LogP contribution is -2.25. The first-order valence-electron chi connectivity index (χ1n) is 9.20. The van der Waals surface area contributed by atoms with Crippen molar-refractivity contribution >= 4 is 17.4 Å². The molecule has 2 aromatic carbocycles. The van der Waals surface area contributed by atoms with Crippen LogP contribution in [-0.4, -0.2) is 32.0 Å². The van der Waals surface area contributed by atoms with Crippen LogP contribution < -0.4 is 9.64 Å². The van der Waals surface area contributed by atoms with Gasteiger partial charge in [0.2, 0.25) is 0 Å². The van der Waals surface area contributed by atoms with Crippen molar-refractivity contribution in [3.05, 3.63) is 71.4 Å². The Hall–Kier alpha value is -3.59. The third-order valence-corrected chi connectivity index (χ3v) is 4.97. The first-order valence-corrected chi connectivity index (χ1v) is 9.20. The number of hydrogen-bond donors (Lipinski definition) is 0. The van der Waals surface area contributed by atoms with Crippen LogP contribution in [0.1, 0.15) is 25.0 Å². The number of carbonyl (C=O) groups is 2. The van der Waals surface area contributed by atoms with Gasteiger partial charge in [-0.2, -0.15) is 5.26 Å². The zero-order valence-corrected chi connectivity index (χ0v) is 16.6. The minimum absolute atomic E-state index is 0.299. The number of esters is 1. The Morgan fingerprint density at radius 3 is 2.52 bits per heavy atom. The second kappa shape index (κ2) is 8.19. The summed E-state index contributed by atoms with van der Waals surface area (Å²) in [6, 6.07) is 16.6. The molecule has 0 radical (unpaired) electrons. The smallest absolute Gasteiger partial charge is 0.344 e. The predicted octanol–water partition coefficient (Wildman–Crippen LogP) is 3.36. The summed E-state index contributed by atoms with van der Waals surface area (Å²) in [5.74, 6) is -0.683. The van der Waals surface area contributed by atoms with E-state index in [9.17, 15) is 9.59 Å². The standard InChI is InChI=1S/C23H22N2O4/c1-23(2)18-9-5-6-10-19(18)25(3)21(23)12-17(26)14-29-22(27)15-28-20-11-7-4-8-16(20)13-24/h4-12H,14-15H2,1-3H3. The molecule has 0 saturated carbocycles. The van der Waals surface area contributed by atoms with E-state index in [-0.39, 0.29) is 24.4 Å². The van der Waals surface area contributed by atoms with Crippen LogP contribution in [-0.2, 0) is 19.7 Å². The number of nitrogens with zero attached hydrogens (tertiary/aromatic N) is 2. The fraction of sp³-hybridized carbons (Fsp3) is 0.261. The molecule has 3 rings (SSSR count). The van der Waals surface area contributed by atoms with Gasteiger partial charge in [0.15, 0.2) is 19.0 Å². The van der Waals surface area contributed by atoms with Crippen molar-refractivity contribution in [2.45, 2.75) is 19.3 Å². The number of allylic oxidation sites excluding steroid dienone is 1. The van der Waals surface area contributed by atoms with Gasteiger partial charge < -0.3 is 14.4 Å². The average Bonchev–Trinajstić information content (AvgIpc) is 2.92. The SMILES string of the molecule is CN1C(=CC(=O)COC(=O)COc2ccccc2C#N)C(C)(C)c2ccccc21. The van der Waals surface area contributed by atoms with Gasteiger partial charge in [0, 0.05) is 29.9 Å². The molecule has 0 fully saturated rings. The number of fused-ring (bicyclic) bond motifs is 1. The molecule has 0 unspecified atom stereocenters. The third-order valence-electron chi connectivity index (χ3n) is 4.97. The molecule has 0 spiro atoms. The Kier molecular flexibility index (Phi) is 5.69. The Labute approximate surface area is 170 Å². The summed E-state index contributed by atoms with van der Waals surface area (Å²) in [4.78, 5) is 26.3. The van der Waals surface area contributed by atoms with Crippen LogP contribution in [0.5, 0.6) is 5.75 Å². The highest BCUT2D eigenvalue weighted by Gasteiger charge is 2.38. The number of carbonyl (C=O) groups excluding carboxylic acids is 2. The largest absolute Gasteiger partial charge is 0.481 e. The van der Waals surface area contributed by atoms with Gasteiger partial charge in [0.25, 0.3) is 0 Å². The maximum Gasteiger partial charge on any atom is 0.344 e. The summed E-state index contributed by atoms with van der Waals surface area (Å²) < 4.78 is 10.3. The highest BCUT2D eigenvalue weighted by Crippen LogP contribution is 2.46. The lowest BCUT2D eigenvalue weighted by Gasteiger charge is -2.23. The van der Waals surface area contributed by atoms with E-state index in [0.717, 1.165) is 16.9 Å². The summed E-state index contributed by atoms with van der Waals surface area (Å²) in [6.07, 6.45) is 1.53. The molecule has 2 aromatic rings. The normalized spacial score (nSPS) is 15.5. The first kappa shape index (κ1) is 20.2. The zero-order valence-electron chi connectivity index (χ0n) is 16.6. The molecule has 6 heteroatoms. The number of hydrogen-bond acceptors (Lipinski definition) is 6. The minimum Gasteiger partial charge on any atom is -0.481 e. The molecule has 0 N–H and O–H groups in total. The topological polar surface area (TPSA) is 79.6 Å². The van der Waals surface area contributed by atoms with E-state index >= 15 is 0 Å². The lowest BCUT2D eigenvalue weighted by atomic mass is 9.83. The molecule has 29 heavy (non-hydrogen) atoms. The van der Waals surface area contributed by atoms with Crippen LogP contribution in [0.3, 0.4) is 0 Å². The molecule has 1 aliphatic heterocycles. The quantitative estimate of drug-likeness (QED) is 0.556. The van der Waals surface area contributed by atoms with E-state index in [1.165, 1.54) is 6.08 Å². The van der Waals surface area contributed by atoms with Crippen molar-refractivity contribution in [1.82, 2.24) is 0 Å². The second-order valence-corrected chi connectivity index (χ2v) is 7.25. The van der Waals surface area contributed by atoms with Gasteiger partial charge in [-0.05, 0) is 23.8 Å². The summed E-state index contributed by atoms with van der Waals surface area (Å²) in [7, 11) is 1.92. The summed E-state index contributed by atoms with van der Waals surface area (Å²) in [5.41, 5.74) is 3.04. The number of nitriles is 1. The maximum absolute atomic E-state index is 12.4. The van der Waals surface area contributed by atoms with Crippen molar-refractivity contribution in [3.8, 4) is 11.8 Å². The zero-order chi connectivity index (χ0) is 21.0. The molecule has 0 aliphatic carbocycles. The van der Waals surface area contributed by atoms with E-state index in [1.54, 1.807) is 24.3 Å². The summed E-state index contributed by atoms with van der Waals surface area (Å²) in [5, 5.41) is 9.02. The molecule has 1 heterocycles. The minimum atomic E-state index is -0.674. The molecule has 0 atom stereocenters. The third kappa shape index (κ3) is 4.14. The molecule has 148 valence electrons. The van der Waals surface area contributed by atoms with Crippen LogP contribution in [0, 0.1) is 11.3 Å². The predicted molar refractivity (Wildman–Crippen MR) is 109 cm³/mol. The number of para-hydroxylation sites is 2. The molecule has 1 aliphatic rings. The van der Waals surface area contributed by atoms with Crippen LogP contribution in [0.25, 0.3) is 0 Å². The number of likely N-dealkylation sites (N-methyl/N-ethyl adjacent to an activating group) is 1. The number of ether oxygens (including phenoxy) is 2. The fourth-order valence-electron chi connectivity index (χ4n) is 3.47. The Morgan fingerprint density at radius 2 is 1.79 bits per heavy atom. The summed E-state index contributed by atoms with van der Waals surface area (Å²) >= 11 is 0. The first-order chi connectivity index (χ1) is 13.8. The molecular formula is C23H22N2O4. The van der Waals surface area contributed by atoms with Gasteiger partial charge in [0.05, 0.1) is 5.56 Å². The van der Waals surface area contributed by atoms with Crippen LogP contribution >= 0.6 is 0 Å². The number of ketones is 1. The van der Waals surface area contributed by atoms with Gasteiger partial charge in [-0.3, -0.25) is 4.79 Å². The number of benzene rings is 2. The number of anilines is 1. The Morgan fingerprint density at radius 1 is 1.10 bits per heavy atom. The van der Waals surface area contributed by atoms with Gasteiger partial charge in [-0.1, -0.05) is 44.2 Å². The van der Waals surface area contributed by atoms with Crippen molar-refractivity contribution in [2.75, 3.05) is 25.2 Å². The van der Waals surface area contributed by atoms with E-state index in [2.05, 4.69) is 13.8 Å². The van der Waals surface area contributed by atoms with E-state index < -0.39 is 5.97 Å². The van der Waals surface area contributed by atoms with Gasteiger partial charge in [-0.25, -0.2) is 4.79 Å². The Bertz CT molecular complexity index is 1020. The highest BCUT2D eigenvalue weighted by atomic mass is 16.6. The Balaban J connectivity index is 1.59. The van der Waals surface area contributed by atoms with Crippen molar-refractivity contribution in [2.24, 2.45) is 0 Å². The number of rotatable bonds is 6. The summed E-state index contributed by atoms with van der Waals surface area (Å²) in [6.45, 7) is 3.37. The van der Waals surface area contributed by atoms with Crippen LogP contribution in [0.15, 0.2) is 60.3 Å². The molecule has 0 amide bonds. The van der Waals surface area contributed by atoms with Crippen molar-refractivity contribution < 1.29 is 19.1 Å². The van der Waals surface area contributed by atoms with E-state index in [0.29, 0.717) is 11.3 Å². The van der Waals surface area contributed by atoms with Gasteiger partial charge in [0.1, 0.15) is 11.8 Å². The maximum atomic E-state index is 12.4. The van der Waals surface area contributed by atoms with E-state index in [1.807, 2.05) is 42.3 Å². The van der Waals surface area contributed by atoms with Crippen LogP contribution in [0.4, 0.5) is 5.69 Å². The highest BCUT2D eigenvalue weighted by molar-refractivity contribution is 5.94. The van der Waals surface area contributed by atoms with Crippen molar-refractivity contribution in [3.63, 3.8) is 0 Å². The van der Waals surface area contributed by atoms with Crippen molar-refractivity contribution in [1.29, 1.82) is 5.26 Å². The van der Waals surface area contributed by atoms with Crippen LogP contribution in [0.2, 0.25) is 0 Å².